The maximum Gasteiger partial charge on any atom is 0.0471 e. The molecule has 0 radical (unpaired) electrons. The normalized spacial score (nSPS) is 19.7. The van der Waals surface area contributed by atoms with Crippen molar-refractivity contribution in [1.29, 1.82) is 0 Å². The SMILES string of the molecule is CCN(c1cccc(Cl)c1CNC1CC1)C1CCCCC1. The first-order valence-corrected chi connectivity index (χ1v) is 8.94. The number of nitrogens with zero attached hydrogens (tertiary/aromatic N) is 1. The zero-order valence-electron chi connectivity index (χ0n) is 13.1. The number of hydrogen-bond acceptors (Lipinski definition) is 2. The topological polar surface area (TPSA) is 15.3 Å². The molecule has 0 aromatic heterocycles. The molecule has 1 N–H and O–H groups in total. The van der Waals surface area contributed by atoms with Gasteiger partial charge in [-0.2, -0.15) is 0 Å². The first-order chi connectivity index (χ1) is 10.3. The summed E-state index contributed by atoms with van der Waals surface area (Å²) in [6, 6.07) is 7.81. The molecule has 3 rings (SSSR count). The molecule has 0 heterocycles. The first kappa shape index (κ1) is 15.2. The van der Waals surface area contributed by atoms with Gasteiger partial charge in [0.15, 0.2) is 0 Å². The summed E-state index contributed by atoms with van der Waals surface area (Å²) >= 11 is 6.51. The molecule has 21 heavy (non-hydrogen) atoms. The van der Waals surface area contributed by atoms with Crippen molar-refractivity contribution in [1.82, 2.24) is 5.32 Å². The van der Waals surface area contributed by atoms with Gasteiger partial charge in [-0.15, -0.1) is 0 Å². The van der Waals surface area contributed by atoms with Gasteiger partial charge in [0, 0.05) is 41.4 Å². The number of rotatable bonds is 6. The summed E-state index contributed by atoms with van der Waals surface area (Å²) in [4.78, 5) is 2.59. The van der Waals surface area contributed by atoms with Gasteiger partial charge in [0.2, 0.25) is 0 Å². The Balaban J connectivity index is 1.81. The average molecular weight is 307 g/mol. The van der Waals surface area contributed by atoms with Crippen molar-refractivity contribution in [3.8, 4) is 0 Å². The number of nitrogens with one attached hydrogen (secondary N) is 1. The van der Waals surface area contributed by atoms with Gasteiger partial charge in [0.05, 0.1) is 0 Å². The number of anilines is 1. The molecule has 1 aromatic carbocycles. The highest BCUT2D eigenvalue weighted by molar-refractivity contribution is 6.31. The first-order valence-electron chi connectivity index (χ1n) is 8.57. The zero-order valence-corrected chi connectivity index (χ0v) is 13.8. The molecule has 0 unspecified atom stereocenters. The van der Waals surface area contributed by atoms with Gasteiger partial charge in [-0.25, -0.2) is 0 Å². The second-order valence-corrected chi connectivity index (χ2v) is 6.88. The molecule has 2 fully saturated rings. The van der Waals surface area contributed by atoms with E-state index in [1.807, 2.05) is 6.07 Å². The van der Waals surface area contributed by atoms with Crippen LogP contribution in [0, 0.1) is 0 Å². The molecule has 0 amide bonds. The molecular weight excluding hydrogens is 280 g/mol. The largest absolute Gasteiger partial charge is 0.369 e. The van der Waals surface area contributed by atoms with Gasteiger partial charge in [-0.05, 0) is 44.7 Å². The van der Waals surface area contributed by atoms with Gasteiger partial charge >= 0.3 is 0 Å². The van der Waals surface area contributed by atoms with E-state index in [2.05, 4.69) is 29.3 Å². The van der Waals surface area contributed by atoms with E-state index in [4.69, 9.17) is 11.6 Å². The van der Waals surface area contributed by atoms with Crippen LogP contribution in [0.25, 0.3) is 0 Å². The van der Waals surface area contributed by atoms with Crippen LogP contribution in [-0.2, 0) is 6.54 Å². The van der Waals surface area contributed by atoms with E-state index in [0.717, 1.165) is 24.2 Å². The average Bonchev–Trinajstić information content (AvgIpc) is 3.33. The Kier molecular flexibility index (Phi) is 5.07. The van der Waals surface area contributed by atoms with Crippen LogP contribution >= 0.6 is 11.6 Å². The molecule has 116 valence electrons. The van der Waals surface area contributed by atoms with Crippen molar-refractivity contribution in [3.05, 3.63) is 28.8 Å². The third kappa shape index (κ3) is 3.73. The van der Waals surface area contributed by atoms with Crippen molar-refractivity contribution in [3.63, 3.8) is 0 Å². The lowest BCUT2D eigenvalue weighted by atomic mass is 9.93. The second-order valence-electron chi connectivity index (χ2n) is 6.47. The van der Waals surface area contributed by atoms with Crippen LogP contribution in [0.15, 0.2) is 18.2 Å². The molecule has 0 bridgehead atoms. The molecule has 0 aliphatic heterocycles. The van der Waals surface area contributed by atoms with Gasteiger partial charge in [-0.3, -0.25) is 0 Å². The standard InChI is InChI=1S/C18H27ClN2/c1-2-21(15-7-4-3-5-8-15)18-10-6-9-17(19)16(18)13-20-14-11-12-14/h6,9-10,14-15,20H,2-5,7-8,11-13H2,1H3. The lowest BCUT2D eigenvalue weighted by molar-refractivity contribution is 0.417. The highest BCUT2D eigenvalue weighted by Gasteiger charge is 2.25. The molecular formula is C18H27ClN2. The lowest BCUT2D eigenvalue weighted by Gasteiger charge is -2.37. The van der Waals surface area contributed by atoms with Crippen molar-refractivity contribution in [2.24, 2.45) is 0 Å². The zero-order chi connectivity index (χ0) is 14.7. The third-order valence-electron chi connectivity index (χ3n) is 4.90. The quantitative estimate of drug-likeness (QED) is 0.816. The second kappa shape index (κ2) is 7.02. The summed E-state index contributed by atoms with van der Waals surface area (Å²) in [5.41, 5.74) is 2.64. The molecule has 2 saturated carbocycles. The van der Waals surface area contributed by atoms with Gasteiger partial charge in [0.1, 0.15) is 0 Å². The molecule has 2 aliphatic rings. The van der Waals surface area contributed by atoms with Crippen molar-refractivity contribution in [2.75, 3.05) is 11.4 Å². The fraction of sp³-hybridized carbons (Fsp3) is 0.667. The maximum atomic E-state index is 6.51. The molecule has 0 atom stereocenters. The van der Waals surface area contributed by atoms with Crippen molar-refractivity contribution in [2.45, 2.75) is 70.5 Å². The molecule has 3 heteroatoms. The van der Waals surface area contributed by atoms with E-state index in [-0.39, 0.29) is 0 Å². The Morgan fingerprint density at radius 3 is 2.57 bits per heavy atom. The monoisotopic (exact) mass is 306 g/mol. The highest BCUT2D eigenvalue weighted by atomic mass is 35.5. The van der Waals surface area contributed by atoms with Crippen LogP contribution in [0.3, 0.4) is 0 Å². The maximum absolute atomic E-state index is 6.51. The van der Waals surface area contributed by atoms with Crippen LogP contribution < -0.4 is 10.2 Å². The Morgan fingerprint density at radius 2 is 1.90 bits per heavy atom. The minimum atomic E-state index is 0.696. The predicted octanol–water partition coefficient (Wildman–Crippen LogP) is 4.75. The van der Waals surface area contributed by atoms with Gasteiger partial charge in [-0.1, -0.05) is 36.9 Å². The predicted molar refractivity (Wildman–Crippen MR) is 91.2 cm³/mol. The Morgan fingerprint density at radius 1 is 1.14 bits per heavy atom. The smallest absolute Gasteiger partial charge is 0.0471 e. The van der Waals surface area contributed by atoms with Gasteiger partial charge in [0.25, 0.3) is 0 Å². The Hall–Kier alpha value is -0.730. The summed E-state index contributed by atoms with van der Waals surface area (Å²) in [5.74, 6) is 0. The van der Waals surface area contributed by atoms with E-state index >= 15 is 0 Å². The summed E-state index contributed by atoms with van der Waals surface area (Å²) in [5, 5.41) is 4.54. The lowest BCUT2D eigenvalue weighted by Crippen LogP contribution is -2.37. The van der Waals surface area contributed by atoms with E-state index in [1.54, 1.807) is 0 Å². The summed E-state index contributed by atoms with van der Waals surface area (Å²) in [6.45, 7) is 4.25. The van der Waals surface area contributed by atoms with Crippen LogP contribution in [-0.4, -0.2) is 18.6 Å². The van der Waals surface area contributed by atoms with E-state index in [9.17, 15) is 0 Å². The number of halogens is 1. The van der Waals surface area contributed by atoms with Crippen LogP contribution in [0.2, 0.25) is 5.02 Å². The van der Waals surface area contributed by atoms with Crippen molar-refractivity contribution < 1.29 is 0 Å². The number of hydrogen-bond donors (Lipinski definition) is 1. The van der Waals surface area contributed by atoms with E-state index < -0.39 is 0 Å². The summed E-state index contributed by atoms with van der Waals surface area (Å²) in [7, 11) is 0. The van der Waals surface area contributed by atoms with Gasteiger partial charge < -0.3 is 10.2 Å². The Labute approximate surface area is 133 Å². The van der Waals surface area contributed by atoms with Crippen LogP contribution in [0.1, 0.15) is 57.4 Å². The fourth-order valence-electron chi connectivity index (χ4n) is 3.54. The van der Waals surface area contributed by atoms with E-state index in [0.29, 0.717) is 6.04 Å². The highest BCUT2D eigenvalue weighted by Crippen LogP contribution is 2.33. The molecule has 1 aromatic rings. The molecule has 0 saturated heterocycles. The minimum Gasteiger partial charge on any atom is -0.369 e. The minimum absolute atomic E-state index is 0.696. The van der Waals surface area contributed by atoms with Crippen molar-refractivity contribution >= 4 is 17.3 Å². The Bertz CT molecular complexity index is 464. The summed E-state index contributed by atoms with van der Waals surface area (Å²) < 4.78 is 0. The number of benzene rings is 1. The molecule has 0 spiro atoms. The van der Waals surface area contributed by atoms with E-state index in [1.165, 1.54) is 56.2 Å². The molecule has 2 nitrogen and oxygen atoms in total. The van der Waals surface area contributed by atoms with Crippen LogP contribution in [0.4, 0.5) is 5.69 Å². The van der Waals surface area contributed by atoms with Crippen LogP contribution in [0.5, 0.6) is 0 Å². The third-order valence-corrected chi connectivity index (χ3v) is 5.26. The fourth-order valence-corrected chi connectivity index (χ4v) is 3.78. The molecule has 2 aliphatic carbocycles. The summed E-state index contributed by atoms with van der Waals surface area (Å²) in [6.07, 6.45) is 9.44.